The van der Waals surface area contributed by atoms with Gasteiger partial charge in [0.25, 0.3) is 11.5 Å². The fourth-order valence-corrected chi connectivity index (χ4v) is 3.42. The predicted molar refractivity (Wildman–Crippen MR) is 128 cm³/mol. The van der Waals surface area contributed by atoms with E-state index >= 15 is 0 Å². The van der Waals surface area contributed by atoms with E-state index < -0.39 is 23.9 Å². The molecule has 0 aliphatic carbocycles. The van der Waals surface area contributed by atoms with E-state index in [9.17, 15) is 24.3 Å². The van der Waals surface area contributed by atoms with Gasteiger partial charge in [-0.1, -0.05) is 0 Å². The SMILES string of the molecule is CN1c2c(nc(N)[nH]c2=O)NC[C@@H]1CNc1ccc(C(=O)N[C@@H](CCC(=O)O)C(=O)O)cc1.Cl. The monoisotopic (exact) mass is 495 g/mol. The van der Waals surface area contributed by atoms with Gasteiger partial charge in [-0.3, -0.25) is 19.4 Å². The van der Waals surface area contributed by atoms with Crippen molar-refractivity contribution in [2.75, 3.05) is 41.4 Å². The van der Waals surface area contributed by atoms with Crippen LogP contribution in [-0.4, -0.2) is 70.2 Å². The fourth-order valence-electron chi connectivity index (χ4n) is 3.42. The lowest BCUT2D eigenvalue weighted by atomic mass is 10.1. The minimum absolute atomic E-state index is 0. The number of carbonyl (C=O) groups excluding carboxylic acids is 1. The smallest absolute Gasteiger partial charge is 0.326 e. The Morgan fingerprint density at radius 2 is 1.94 bits per heavy atom. The van der Waals surface area contributed by atoms with Crippen molar-refractivity contribution in [1.29, 1.82) is 0 Å². The molecular formula is C20H26ClN7O6. The van der Waals surface area contributed by atoms with Gasteiger partial charge in [0, 0.05) is 37.8 Å². The number of carboxylic acid groups (broad SMARTS) is 2. The minimum atomic E-state index is -1.30. The molecule has 1 aromatic heterocycles. The van der Waals surface area contributed by atoms with Crippen LogP contribution in [0.2, 0.25) is 0 Å². The minimum Gasteiger partial charge on any atom is -0.481 e. The van der Waals surface area contributed by atoms with E-state index in [4.69, 9.17) is 10.8 Å². The number of fused-ring (bicyclic) bond motifs is 1. The molecule has 2 heterocycles. The quantitative estimate of drug-likeness (QED) is 0.249. The zero-order valence-corrected chi connectivity index (χ0v) is 19.0. The number of nitrogens with zero attached hydrogens (tertiary/aromatic N) is 2. The lowest BCUT2D eigenvalue weighted by Crippen LogP contribution is -2.48. The molecule has 0 unspecified atom stereocenters. The standard InChI is InChI=1S/C20H25N7O6.ClH/c1-27-12(9-23-16-15(27)18(31)26-20(21)25-16)8-22-11-4-2-10(3-5-11)17(30)24-13(19(32)33)6-7-14(28)29;/h2-5,12-13,22H,6-9H2,1H3,(H,24,30)(H,28,29)(H,32,33)(H4,21,23,25,26,31);1H/t12-,13-;/m0./s1. The number of nitrogen functional groups attached to an aromatic ring is 1. The number of aromatic amines is 1. The van der Waals surface area contributed by atoms with Gasteiger partial charge in [0.05, 0.1) is 6.04 Å². The molecule has 184 valence electrons. The van der Waals surface area contributed by atoms with Crippen molar-refractivity contribution < 1.29 is 24.6 Å². The number of amides is 1. The van der Waals surface area contributed by atoms with E-state index in [2.05, 4.69) is 25.9 Å². The topological polar surface area (TPSA) is 203 Å². The second-order valence-electron chi connectivity index (χ2n) is 7.55. The number of H-pyrrole nitrogens is 1. The Morgan fingerprint density at radius 1 is 1.26 bits per heavy atom. The average Bonchev–Trinajstić information content (AvgIpc) is 2.75. The molecule has 1 amide bonds. The van der Waals surface area contributed by atoms with E-state index in [1.807, 2.05) is 4.90 Å². The highest BCUT2D eigenvalue weighted by atomic mass is 35.5. The average molecular weight is 496 g/mol. The van der Waals surface area contributed by atoms with Crippen molar-refractivity contribution in [3.8, 4) is 0 Å². The summed E-state index contributed by atoms with van der Waals surface area (Å²) in [5.74, 6) is -2.59. The third kappa shape index (κ3) is 6.28. The number of carbonyl (C=O) groups is 3. The van der Waals surface area contributed by atoms with Crippen molar-refractivity contribution >= 4 is 53.4 Å². The summed E-state index contributed by atoms with van der Waals surface area (Å²) in [4.78, 5) is 54.9. The number of hydrogen-bond donors (Lipinski definition) is 7. The van der Waals surface area contributed by atoms with E-state index in [1.54, 1.807) is 19.2 Å². The maximum Gasteiger partial charge on any atom is 0.326 e. The Morgan fingerprint density at radius 3 is 2.56 bits per heavy atom. The maximum atomic E-state index is 12.3. The second-order valence-corrected chi connectivity index (χ2v) is 7.55. The molecule has 0 radical (unpaired) electrons. The van der Waals surface area contributed by atoms with Crippen LogP contribution in [0.15, 0.2) is 29.1 Å². The second kappa shape index (κ2) is 11.2. The van der Waals surface area contributed by atoms with Gasteiger partial charge >= 0.3 is 11.9 Å². The van der Waals surface area contributed by atoms with Gasteiger partial charge in [0.15, 0.2) is 5.82 Å². The Labute approximate surface area is 200 Å². The zero-order chi connectivity index (χ0) is 24.1. The number of halogens is 1. The summed E-state index contributed by atoms with van der Waals surface area (Å²) >= 11 is 0. The third-order valence-corrected chi connectivity index (χ3v) is 5.26. The van der Waals surface area contributed by atoms with Crippen LogP contribution in [0.3, 0.4) is 0 Å². The summed E-state index contributed by atoms with van der Waals surface area (Å²) in [6.07, 6.45) is -0.586. The van der Waals surface area contributed by atoms with Crippen LogP contribution >= 0.6 is 12.4 Å². The van der Waals surface area contributed by atoms with Gasteiger partial charge in [0.2, 0.25) is 5.95 Å². The first-order valence-corrected chi connectivity index (χ1v) is 10.1. The third-order valence-electron chi connectivity index (χ3n) is 5.26. The van der Waals surface area contributed by atoms with Crippen molar-refractivity contribution in [1.82, 2.24) is 15.3 Å². The van der Waals surface area contributed by atoms with E-state index in [-0.39, 0.29) is 48.4 Å². The molecule has 14 heteroatoms. The maximum absolute atomic E-state index is 12.3. The molecule has 0 spiro atoms. The van der Waals surface area contributed by atoms with Gasteiger partial charge in [-0.2, -0.15) is 4.98 Å². The Kier molecular flexibility index (Phi) is 8.67. The van der Waals surface area contributed by atoms with Crippen LogP contribution in [-0.2, 0) is 9.59 Å². The molecular weight excluding hydrogens is 470 g/mol. The number of nitrogens with two attached hydrogens (primary N) is 1. The summed E-state index contributed by atoms with van der Waals surface area (Å²) in [6, 6.07) is 5.03. The van der Waals surface area contributed by atoms with Crippen molar-refractivity contribution in [3.63, 3.8) is 0 Å². The zero-order valence-electron chi connectivity index (χ0n) is 18.2. The molecule has 1 aliphatic heterocycles. The Hall–Kier alpha value is -4.00. The molecule has 8 N–H and O–H groups in total. The van der Waals surface area contributed by atoms with Gasteiger partial charge in [0.1, 0.15) is 11.7 Å². The van der Waals surface area contributed by atoms with Crippen molar-refractivity contribution in [2.45, 2.75) is 24.9 Å². The molecule has 3 rings (SSSR count). The van der Waals surface area contributed by atoms with Crippen LogP contribution < -0.4 is 32.1 Å². The molecule has 2 atom stereocenters. The highest BCUT2D eigenvalue weighted by Crippen LogP contribution is 2.25. The van der Waals surface area contributed by atoms with Crippen molar-refractivity contribution in [2.24, 2.45) is 0 Å². The van der Waals surface area contributed by atoms with Crippen LogP contribution in [0.5, 0.6) is 0 Å². The lowest BCUT2D eigenvalue weighted by molar-refractivity contribution is -0.140. The first kappa shape index (κ1) is 26.3. The molecule has 13 nitrogen and oxygen atoms in total. The van der Waals surface area contributed by atoms with E-state index in [0.717, 1.165) is 5.69 Å². The highest BCUT2D eigenvalue weighted by molar-refractivity contribution is 5.97. The number of aromatic nitrogens is 2. The number of carboxylic acids is 2. The van der Waals surface area contributed by atoms with Gasteiger partial charge in [-0.25, -0.2) is 4.79 Å². The summed E-state index contributed by atoms with van der Waals surface area (Å²) < 4.78 is 0. The molecule has 0 bridgehead atoms. The highest BCUT2D eigenvalue weighted by Gasteiger charge is 2.27. The summed E-state index contributed by atoms with van der Waals surface area (Å²) in [6.45, 7) is 1.01. The van der Waals surface area contributed by atoms with Gasteiger partial charge < -0.3 is 36.8 Å². The molecule has 2 aromatic rings. The summed E-state index contributed by atoms with van der Waals surface area (Å²) in [7, 11) is 1.79. The molecule has 0 fully saturated rings. The van der Waals surface area contributed by atoms with Gasteiger partial charge in [-0.15, -0.1) is 12.4 Å². The first-order chi connectivity index (χ1) is 15.7. The lowest BCUT2D eigenvalue weighted by Gasteiger charge is -2.35. The number of anilines is 4. The fraction of sp³-hybridized carbons (Fsp3) is 0.350. The van der Waals surface area contributed by atoms with Crippen LogP contribution in [0.25, 0.3) is 0 Å². The molecule has 0 saturated heterocycles. The van der Waals surface area contributed by atoms with E-state index in [0.29, 0.717) is 24.6 Å². The largest absolute Gasteiger partial charge is 0.481 e. The predicted octanol–water partition coefficient (Wildman–Crippen LogP) is 0.164. The number of hydrogen-bond acceptors (Lipinski definition) is 9. The van der Waals surface area contributed by atoms with Crippen LogP contribution in [0.4, 0.5) is 23.1 Å². The van der Waals surface area contributed by atoms with E-state index in [1.165, 1.54) is 12.1 Å². The van der Waals surface area contributed by atoms with Gasteiger partial charge in [-0.05, 0) is 30.7 Å². The Balaban J connectivity index is 0.00000408. The normalized spacial score (nSPS) is 15.2. The number of likely N-dealkylation sites (N-methyl/N-ethyl adjacent to an activating group) is 1. The Bertz CT molecular complexity index is 1110. The summed E-state index contributed by atoms with van der Waals surface area (Å²) in [5, 5.41) is 26.6. The first-order valence-electron chi connectivity index (χ1n) is 10.1. The number of benzene rings is 1. The molecule has 34 heavy (non-hydrogen) atoms. The number of rotatable bonds is 9. The molecule has 1 aliphatic rings. The number of aliphatic carboxylic acids is 2. The van der Waals surface area contributed by atoms with Crippen LogP contribution in [0.1, 0.15) is 23.2 Å². The molecule has 1 aromatic carbocycles. The van der Waals surface area contributed by atoms with Crippen LogP contribution in [0, 0.1) is 0 Å². The molecule has 0 saturated carbocycles. The number of nitrogens with one attached hydrogen (secondary N) is 4. The summed E-state index contributed by atoms with van der Waals surface area (Å²) in [5.41, 5.74) is 6.59. The van der Waals surface area contributed by atoms with Crippen molar-refractivity contribution in [3.05, 3.63) is 40.2 Å².